The van der Waals surface area contributed by atoms with Gasteiger partial charge in [0.2, 0.25) is 5.91 Å². The molecule has 1 aromatic carbocycles. The van der Waals surface area contributed by atoms with Crippen LogP contribution in [0.25, 0.3) is 0 Å². The number of carbonyl (C=O) groups is 1. The van der Waals surface area contributed by atoms with Crippen LogP contribution in [0, 0.1) is 11.2 Å². The molecule has 2 atom stereocenters. The number of benzene rings is 1. The highest BCUT2D eigenvalue weighted by Crippen LogP contribution is 2.33. The number of carbonyl (C=O) groups excluding carboxylic acids is 1. The smallest absolute Gasteiger partial charge is 0.222 e. The summed E-state index contributed by atoms with van der Waals surface area (Å²) in [5.41, 5.74) is 11.7. The molecule has 0 aromatic heterocycles. The first-order chi connectivity index (χ1) is 9.21. The molecule has 112 valence electrons. The standard InChI is InChI=1S/C11H14FN.C5H11NO/c12-9-6-4-8(5-7-9)10-2-1-3-11(10)13;1-5(2,3)4(6)7/h4-7,10-11H,1-3,13H2;1-3H3,(H2,6,7). The molecule has 1 aliphatic carbocycles. The highest BCUT2D eigenvalue weighted by atomic mass is 19.1. The number of rotatable bonds is 1. The second-order valence-corrected chi connectivity index (χ2v) is 6.37. The minimum absolute atomic E-state index is 0.171. The second-order valence-electron chi connectivity index (χ2n) is 6.37. The number of primary amides is 1. The average molecular weight is 280 g/mol. The molecule has 4 N–H and O–H groups in total. The van der Waals surface area contributed by atoms with Crippen molar-refractivity contribution in [1.82, 2.24) is 0 Å². The zero-order valence-corrected chi connectivity index (χ0v) is 12.5. The van der Waals surface area contributed by atoms with Crippen molar-refractivity contribution >= 4 is 5.91 Å². The first-order valence-electron chi connectivity index (χ1n) is 7.02. The average Bonchev–Trinajstić information content (AvgIpc) is 2.76. The molecule has 1 fully saturated rings. The van der Waals surface area contributed by atoms with Crippen molar-refractivity contribution in [2.45, 2.75) is 52.0 Å². The van der Waals surface area contributed by atoms with E-state index in [0.717, 1.165) is 12.8 Å². The van der Waals surface area contributed by atoms with Crippen molar-refractivity contribution < 1.29 is 9.18 Å². The zero-order valence-electron chi connectivity index (χ0n) is 12.5. The predicted octanol–water partition coefficient (Wildman–Crippen LogP) is 2.94. The summed E-state index contributed by atoms with van der Waals surface area (Å²) < 4.78 is 12.6. The minimum Gasteiger partial charge on any atom is -0.369 e. The van der Waals surface area contributed by atoms with Gasteiger partial charge in [0.15, 0.2) is 0 Å². The van der Waals surface area contributed by atoms with Gasteiger partial charge in [-0.2, -0.15) is 0 Å². The van der Waals surface area contributed by atoms with Gasteiger partial charge in [-0.15, -0.1) is 0 Å². The lowest BCUT2D eigenvalue weighted by molar-refractivity contribution is -0.125. The maximum Gasteiger partial charge on any atom is 0.222 e. The van der Waals surface area contributed by atoms with Crippen LogP contribution in [-0.2, 0) is 4.79 Å². The Morgan fingerprint density at radius 1 is 1.20 bits per heavy atom. The molecule has 1 saturated carbocycles. The molecule has 1 aromatic rings. The molecule has 0 aliphatic heterocycles. The van der Waals surface area contributed by atoms with Crippen molar-refractivity contribution in [3.05, 3.63) is 35.6 Å². The second kappa shape index (κ2) is 6.84. The van der Waals surface area contributed by atoms with Crippen molar-refractivity contribution in [3.8, 4) is 0 Å². The Morgan fingerprint density at radius 3 is 2.05 bits per heavy atom. The van der Waals surface area contributed by atoms with Crippen molar-refractivity contribution in [2.24, 2.45) is 16.9 Å². The normalized spacial score (nSPS) is 22.1. The number of nitrogens with two attached hydrogens (primary N) is 2. The molecule has 2 unspecified atom stereocenters. The largest absolute Gasteiger partial charge is 0.369 e. The Balaban J connectivity index is 0.000000246. The van der Waals surface area contributed by atoms with Gasteiger partial charge in [0.05, 0.1) is 0 Å². The number of hydrogen-bond acceptors (Lipinski definition) is 2. The molecule has 20 heavy (non-hydrogen) atoms. The fourth-order valence-corrected chi connectivity index (χ4v) is 2.11. The summed E-state index contributed by atoms with van der Waals surface area (Å²) in [6.07, 6.45) is 3.44. The van der Waals surface area contributed by atoms with Gasteiger partial charge in [0.1, 0.15) is 5.82 Å². The van der Waals surface area contributed by atoms with Crippen molar-refractivity contribution in [2.75, 3.05) is 0 Å². The van der Waals surface area contributed by atoms with Gasteiger partial charge in [0.25, 0.3) is 0 Å². The topological polar surface area (TPSA) is 69.1 Å². The third-order valence-corrected chi connectivity index (χ3v) is 3.61. The maximum atomic E-state index is 12.6. The van der Waals surface area contributed by atoms with E-state index in [-0.39, 0.29) is 23.2 Å². The van der Waals surface area contributed by atoms with Crippen LogP contribution < -0.4 is 11.5 Å². The third kappa shape index (κ3) is 4.93. The Kier molecular flexibility index (Phi) is 5.69. The molecule has 1 aliphatic rings. The van der Waals surface area contributed by atoms with E-state index >= 15 is 0 Å². The number of amides is 1. The lowest BCUT2D eigenvalue weighted by Gasteiger charge is -2.15. The van der Waals surface area contributed by atoms with E-state index in [1.54, 1.807) is 20.8 Å². The van der Waals surface area contributed by atoms with E-state index in [1.807, 2.05) is 12.1 Å². The summed E-state index contributed by atoms with van der Waals surface area (Å²) in [6, 6.07) is 7.00. The number of hydrogen-bond donors (Lipinski definition) is 2. The van der Waals surface area contributed by atoms with E-state index in [9.17, 15) is 9.18 Å². The minimum atomic E-state index is -0.361. The summed E-state index contributed by atoms with van der Waals surface area (Å²) in [7, 11) is 0. The zero-order chi connectivity index (χ0) is 15.3. The lowest BCUT2D eigenvalue weighted by Crippen LogP contribution is -2.27. The lowest BCUT2D eigenvalue weighted by atomic mass is 9.95. The Labute approximate surface area is 120 Å². The monoisotopic (exact) mass is 280 g/mol. The van der Waals surface area contributed by atoms with E-state index in [4.69, 9.17) is 11.5 Å². The summed E-state index contributed by atoms with van der Waals surface area (Å²) in [5, 5.41) is 0. The van der Waals surface area contributed by atoms with E-state index in [0.29, 0.717) is 5.92 Å². The molecule has 0 heterocycles. The van der Waals surface area contributed by atoms with Gasteiger partial charge >= 0.3 is 0 Å². The molecule has 1 amide bonds. The van der Waals surface area contributed by atoms with Crippen LogP contribution in [0.1, 0.15) is 51.5 Å². The van der Waals surface area contributed by atoms with Crippen LogP contribution in [0.3, 0.4) is 0 Å². The summed E-state index contributed by atoms with van der Waals surface area (Å²) in [6.45, 7) is 5.36. The summed E-state index contributed by atoms with van der Waals surface area (Å²) >= 11 is 0. The molecular weight excluding hydrogens is 255 g/mol. The molecule has 0 saturated heterocycles. The molecular formula is C16H25FN2O. The third-order valence-electron chi connectivity index (χ3n) is 3.61. The van der Waals surface area contributed by atoms with Crippen molar-refractivity contribution in [3.63, 3.8) is 0 Å². The fourth-order valence-electron chi connectivity index (χ4n) is 2.11. The van der Waals surface area contributed by atoms with Gasteiger partial charge < -0.3 is 11.5 Å². The summed E-state index contributed by atoms with van der Waals surface area (Å²) in [4.78, 5) is 10.2. The van der Waals surface area contributed by atoms with Gasteiger partial charge in [-0.05, 0) is 36.5 Å². The van der Waals surface area contributed by atoms with Crippen LogP contribution in [0.5, 0.6) is 0 Å². The Bertz CT molecular complexity index is 437. The Hall–Kier alpha value is -1.42. The van der Waals surface area contributed by atoms with Crippen LogP contribution in [0.4, 0.5) is 4.39 Å². The fraction of sp³-hybridized carbons (Fsp3) is 0.562. The molecule has 4 heteroatoms. The molecule has 0 spiro atoms. The first kappa shape index (κ1) is 16.6. The van der Waals surface area contributed by atoms with Crippen LogP contribution in [0.2, 0.25) is 0 Å². The van der Waals surface area contributed by atoms with Crippen LogP contribution in [0.15, 0.2) is 24.3 Å². The maximum absolute atomic E-state index is 12.6. The SMILES string of the molecule is CC(C)(C)C(N)=O.NC1CCCC1c1ccc(F)cc1. The van der Waals surface area contributed by atoms with Crippen LogP contribution in [-0.4, -0.2) is 11.9 Å². The predicted molar refractivity (Wildman–Crippen MR) is 79.6 cm³/mol. The quantitative estimate of drug-likeness (QED) is 0.830. The van der Waals surface area contributed by atoms with E-state index in [1.165, 1.54) is 24.1 Å². The first-order valence-corrected chi connectivity index (χ1v) is 7.02. The van der Waals surface area contributed by atoms with Gasteiger partial charge in [-0.3, -0.25) is 4.79 Å². The Morgan fingerprint density at radius 2 is 1.70 bits per heavy atom. The molecule has 2 rings (SSSR count). The highest BCUT2D eigenvalue weighted by molar-refractivity contribution is 5.79. The summed E-state index contributed by atoms with van der Waals surface area (Å²) in [5.74, 6) is 0.0171. The molecule has 0 bridgehead atoms. The molecule has 3 nitrogen and oxygen atoms in total. The number of halogens is 1. The van der Waals surface area contributed by atoms with E-state index < -0.39 is 0 Å². The van der Waals surface area contributed by atoms with Crippen molar-refractivity contribution in [1.29, 1.82) is 0 Å². The van der Waals surface area contributed by atoms with Gasteiger partial charge in [-0.1, -0.05) is 39.3 Å². The van der Waals surface area contributed by atoms with Gasteiger partial charge in [-0.25, -0.2) is 4.39 Å². The van der Waals surface area contributed by atoms with E-state index in [2.05, 4.69) is 0 Å². The highest BCUT2D eigenvalue weighted by Gasteiger charge is 2.24. The van der Waals surface area contributed by atoms with Gasteiger partial charge in [0, 0.05) is 11.5 Å². The van der Waals surface area contributed by atoms with Crippen LogP contribution >= 0.6 is 0 Å². The molecule has 0 radical (unpaired) electrons.